The highest BCUT2D eigenvalue weighted by molar-refractivity contribution is 7.11. The van der Waals surface area contributed by atoms with Gasteiger partial charge in [-0.1, -0.05) is 18.3 Å². The number of rotatable bonds is 4. The number of nitrogens with zero attached hydrogens (tertiary/aromatic N) is 2. The van der Waals surface area contributed by atoms with Crippen molar-refractivity contribution >= 4 is 11.3 Å². The smallest absolute Gasteiger partial charge is 0.134 e. The molecule has 0 bridgehead atoms. The molecule has 1 N–H and O–H groups in total. The van der Waals surface area contributed by atoms with Crippen molar-refractivity contribution in [3.63, 3.8) is 0 Å². The van der Waals surface area contributed by atoms with Crippen molar-refractivity contribution in [2.45, 2.75) is 31.7 Å². The van der Waals surface area contributed by atoms with Gasteiger partial charge in [-0.25, -0.2) is 0 Å². The van der Waals surface area contributed by atoms with E-state index in [-0.39, 0.29) is 0 Å². The summed E-state index contributed by atoms with van der Waals surface area (Å²) in [6.07, 6.45) is 2.14. The van der Waals surface area contributed by atoms with Gasteiger partial charge in [0.2, 0.25) is 0 Å². The van der Waals surface area contributed by atoms with E-state index < -0.39 is 0 Å². The van der Waals surface area contributed by atoms with Gasteiger partial charge in [-0.15, -0.1) is 10.2 Å². The number of aromatic nitrogens is 2. The van der Waals surface area contributed by atoms with Gasteiger partial charge in [0.25, 0.3) is 0 Å². The minimum atomic E-state index is 0.346. The Morgan fingerprint density at radius 2 is 2.47 bits per heavy atom. The maximum Gasteiger partial charge on any atom is 0.134 e. The lowest BCUT2D eigenvalue weighted by Crippen LogP contribution is -2.14. The topological polar surface area (TPSA) is 47.0 Å². The van der Waals surface area contributed by atoms with Gasteiger partial charge in [0, 0.05) is 12.5 Å². The molecule has 4 nitrogen and oxygen atoms in total. The molecule has 15 heavy (non-hydrogen) atoms. The highest BCUT2D eigenvalue weighted by Gasteiger charge is 2.23. The summed E-state index contributed by atoms with van der Waals surface area (Å²) in [5, 5.41) is 14.0. The molecular formula is C10H17N3OS. The number of hydrogen-bond acceptors (Lipinski definition) is 5. The van der Waals surface area contributed by atoms with Crippen molar-refractivity contribution in [3.8, 4) is 0 Å². The molecule has 1 aliphatic heterocycles. The van der Waals surface area contributed by atoms with E-state index >= 15 is 0 Å². The minimum absolute atomic E-state index is 0.346. The maximum absolute atomic E-state index is 5.36. The monoisotopic (exact) mass is 227 g/mol. The quantitative estimate of drug-likeness (QED) is 0.850. The Kier molecular flexibility index (Phi) is 3.66. The molecule has 0 aromatic carbocycles. The maximum atomic E-state index is 5.36. The fourth-order valence-electron chi connectivity index (χ4n) is 1.78. The summed E-state index contributed by atoms with van der Waals surface area (Å²) >= 11 is 1.72. The Labute approximate surface area is 94.1 Å². The average molecular weight is 227 g/mol. The molecule has 0 amide bonds. The van der Waals surface area contributed by atoms with Gasteiger partial charge in [0.05, 0.1) is 12.6 Å². The second-order valence-electron chi connectivity index (χ2n) is 3.79. The number of nitrogens with one attached hydrogen (secondary N) is 1. The first-order valence-corrected chi connectivity index (χ1v) is 6.25. The highest BCUT2D eigenvalue weighted by Crippen LogP contribution is 2.30. The van der Waals surface area contributed by atoms with Crippen LogP contribution in [0.4, 0.5) is 0 Å². The van der Waals surface area contributed by atoms with Gasteiger partial charge in [-0.05, 0) is 19.9 Å². The average Bonchev–Trinajstić information content (AvgIpc) is 2.89. The zero-order valence-electron chi connectivity index (χ0n) is 9.19. The molecule has 0 saturated carbocycles. The van der Waals surface area contributed by atoms with Crippen LogP contribution >= 0.6 is 11.3 Å². The molecule has 1 aromatic heterocycles. The summed E-state index contributed by atoms with van der Waals surface area (Å²) in [5.41, 5.74) is 0. The van der Waals surface area contributed by atoms with Crippen molar-refractivity contribution in [1.29, 1.82) is 0 Å². The molecule has 0 aliphatic carbocycles. The molecule has 1 saturated heterocycles. The Hall–Kier alpha value is -0.520. The summed E-state index contributed by atoms with van der Waals surface area (Å²) in [7, 11) is 1.97. The number of hydrogen-bond donors (Lipinski definition) is 1. The molecule has 1 fully saturated rings. The van der Waals surface area contributed by atoms with Gasteiger partial charge in [-0.3, -0.25) is 0 Å². The predicted octanol–water partition coefficient (Wildman–Crippen LogP) is 1.71. The van der Waals surface area contributed by atoms with Crippen molar-refractivity contribution < 1.29 is 4.74 Å². The zero-order chi connectivity index (χ0) is 10.7. The van der Waals surface area contributed by atoms with E-state index in [0.29, 0.717) is 12.0 Å². The summed E-state index contributed by atoms with van der Waals surface area (Å²) in [6.45, 7) is 3.83. The van der Waals surface area contributed by atoms with Crippen molar-refractivity contribution in [2.24, 2.45) is 0 Å². The lowest BCUT2D eigenvalue weighted by molar-refractivity contribution is 0.194. The Balaban J connectivity index is 2.08. The van der Waals surface area contributed by atoms with E-state index in [1.807, 2.05) is 7.05 Å². The number of ether oxygens (including phenoxy) is 1. The van der Waals surface area contributed by atoms with E-state index in [2.05, 4.69) is 22.4 Å². The second-order valence-corrected chi connectivity index (χ2v) is 4.83. The first-order chi connectivity index (χ1) is 7.35. The Morgan fingerprint density at radius 3 is 3.07 bits per heavy atom. The van der Waals surface area contributed by atoms with E-state index in [1.165, 1.54) is 0 Å². The summed E-state index contributed by atoms with van der Waals surface area (Å²) in [6, 6.07) is 0.346. The molecular weight excluding hydrogens is 210 g/mol. The fraction of sp³-hybridized carbons (Fsp3) is 0.800. The fourth-order valence-corrected chi connectivity index (χ4v) is 2.94. The molecule has 2 rings (SSSR count). The Bertz CT molecular complexity index is 289. The molecule has 5 heteroatoms. The Morgan fingerprint density at radius 1 is 1.60 bits per heavy atom. The van der Waals surface area contributed by atoms with Crippen LogP contribution in [0.5, 0.6) is 0 Å². The SMILES string of the molecule is CCC(NC)c1nnc(C2CCOC2)s1. The van der Waals surface area contributed by atoms with Crippen LogP contribution in [0, 0.1) is 0 Å². The van der Waals surface area contributed by atoms with Gasteiger partial charge in [0.1, 0.15) is 10.0 Å². The summed E-state index contributed by atoms with van der Waals surface area (Å²) < 4.78 is 5.36. The van der Waals surface area contributed by atoms with Crippen LogP contribution in [-0.2, 0) is 4.74 Å². The first kappa shape index (κ1) is 11.0. The third kappa shape index (κ3) is 2.35. The van der Waals surface area contributed by atoms with Crippen molar-refractivity contribution in [1.82, 2.24) is 15.5 Å². The van der Waals surface area contributed by atoms with E-state index in [9.17, 15) is 0 Å². The standard InChI is InChI=1S/C10H17N3OS/c1-3-8(11-2)10-13-12-9(15-10)7-4-5-14-6-7/h7-8,11H,3-6H2,1-2H3. The lowest BCUT2D eigenvalue weighted by atomic mass is 10.1. The minimum Gasteiger partial charge on any atom is -0.381 e. The normalized spacial score (nSPS) is 23.2. The molecule has 84 valence electrons. The molecule has 2 heterocycles. The van der Waals surface area contributed by atoms with Gasteiger partial charge >= 0.3 is 0 Å². The summed E-state index contributed by atoms with van der Waals surface area (Å²) in [5.74, 6) is 0.477. The van der Waals surface area contributed by atoms with Crippen LogP contribution in [0.1, 0.15) is 41.7 Å². The molecule has 0 radical (unpaired) electrons. The molecule has 0 spiro atoms. The van der Waals surface area contributed by atoms with Gasteiger partial charge < -0.3 is 10.1 Å². The van der Waals surface area contributed by atoms with E-state index in [4.69, 9.17) is 4.74 Å². The zero-order valence-corrected chi connectivity index (χ0v) is 10.0. The molecule has 1 aromatic rings. The van der Waals surface area contributed by atoms with Gasteiger partial charge in [0.15, 0.2) is 0 Å². The van der Waals surface area contributed by atoms with Crippen LogP contribution in [-0.4, -0.2) is 30.5 Å². The molecule has 2 unspecified atom stereocenters. The third-order valence-electron chi connectivity index (χ3n) is 2.79. The van der Waals surface area contributed by atoms with Gasteiger partial charge in [-0.2, -0.15) is 0 Å². The van der Waals surface area contributed by atoms with Crippen molar-refractivity contribution in [2.75, 3.05) is 20.3 Å². The molecule has 1 aliphatic rings. The van der Waals surface area contributed by atoms with Crippen LogP contribution in [0.3, 0.4) is 0 Å². The third-order valence-corrected chi connectivity index (χ3v) is 3.99. The van der Waals surface area contributed by atoms with E-state index in [0.717, 1.165) is 36.1 Å². The van der Waals surface area contributed by atoms with Crippen LogP contribution in [0.2, 0.25) is 0 Å². The first-order valence-electron chi connectivity index (χ1n) is 5.43. The second kappa shape index (κ2) is 5.01. The van der Waals surface area contributed by atoms with Crippen LogP contribution in [0.25, 0.3) is 0 Å². The highest BCUT2D eigenvalue weighted by atomic mass is 32.1. The predicted molar refractivity (Wildman–Crippen MR) is 60.2 cm³/mol. The van der Waals surface area contributed by atoms with Crippen LogP contribution in [0.15, 0.2) is 0 Å². The summed E-state index contributed by atoms with van der Waals surface area (Å²) in [4.78, 5) is 0. The molecule has 2 atom stereocenters. The van der Waals surface area contributed by atoms with E-state index in [1.54, 1.807) is 11.3 Å². The van der Waals surface area contributed by atoms with Crippen LogP contribution < -0.4 is 5.32 Å². The lowest BCUT2D eigenvalue weighted by Gasteiger charge is -2.08. The van der Waals surface area contributed by atoms with Crippen molar-refractivity contribution in [3.05, 3.63) is 10.0 Å². The largest absolute Gasteiger partial charge is 0.381 e.